The molecule has 1 aliphatic rings. The minimum atomic E-state index is -0.928. The second-order valence-electron chi connectivity index (χ2n) is 6.22. The molecule has 0 saturated carbocycles. The molecule has 3 rings (SSSR count). The summed E-state index contributed by atoms with van der Waals surface area (Å²) in [6.45, 7) is 4.71. The van der Waals surface area contributed by atoms with Crippen molar-refractivity contribution >= 4 is 27.5 Å². The first-order chi connectivity index (χ1) is 10.4. The number of phenols is 1. The standard InChI is InChI=1S/C17H19NO3S/c1-17(2)11-18(9-10-22(17)21)16(20)14-8-7-12-5-3-4-6-13(12)15(14)19/h3-8,19H,9-11H2,1-2H3/t22-/m0/s1. The lowest BCUT2D eigenvalue weighted by Gasteiger charge is -2.37. The Labute approximate surface area is 132 Å². The molecule has 1 heterocycles. The zero-order valence-corrected chi connectivity index (χ0v) is 13.5. The average Bonchev–Trinajstić information content (AvgIpc) is 2.50. The van der Waals surface area contributed by atoms with Crippen LogP contribution in [0, 0.1) is 0 Å². The number of phenolic OH excluding ortho intramolecular Hbond substituents is 1. The van der Waals surface area contributed by atoms with Crippen molar-refractivity contribution in [3.8, 4) is 5.75 Å². The third-order valence-electron chi connectivity index (χ3n) is 4.15. The van der Waals surface area contributed by atoms with Crippen molar-refractivity contribution in [3.05, 3.63) is 42.0 Å². The second kappa shape index (κ2) is 5.39. The summed E-state index contributed by atoms with van der Waals surface area (Å²) >= 11 is 0. The molecule has 1 saturated heterocycles. The van der Waals surface area contributed by atoms with Gasteiger partial charge in [-0.25, -0.2) is 0 Å². The largest absolute Gasteiger partial charge is 0.506 e. The lowest BCUT2D eigenvalue weighted by atomic mass is 10.0. The Balaban J connectivity index is 1.96. The number of hydrogen-bond acceptors (Lipinski definition) is 3. The zero-order valence-electron chi connectivity index (χ0n) is 12.7. The fraction of sp³-hybridized carbons (Fsp3) is 0.353. The molecule has 5 heteroatoms. The van der Waals surface area contributed by atoms with Crippen LogP contribution in [0.2, 0.25) is 0 Å². The van der Waals surface area contributed by atoms with Gasteiger partial charge in [0.25, 0.3) is 5.91 Å². The number of nitrogens with zero attached hydrogens (tertiary/aromatic N) is 1. The Morgan fingerprint density at radius 2 is 1.95 bits per heavy atom. The quantitative estimate of drug-likeness (QED) is 0.879. The molecule has 2 aromatic rings. The molecule has 1 amide bonds. The van der Waals surface area contributed by atoms with Crippen molar-refractivity contribution < 1.29 is 14.1 Å². The summed E-state index contributed by atoms with van der Waals surface area (Å²) < 4.78 is 11.6. The van der Waals surface area contributed by atoms with Gasteiger partial charge in [0.1, 0.15) is 5.75 Å². The van der Waals surface area contributed by atoms with E-state index in [0.29, 0.717) is 29.8 Å². The summed E-state index contributed by atoms with van der Waals surface area (Å²) in [4.78, 5) is 14.4. The van der Waals surface area contributed by atoms with E-state index in [4.69, 9.17) is 0 Å². The molecule has 0 radical (unpaired) electrons. The number of hydrogen-bond donors (Lipinski definition) is 1. The maximum atomic E-state index is 12.7. The van der Waals surface area contributed by atoms with E-state index >= 15 is 0 Å². The van der Waals surface area contributed by atoms with E-state index in [0.717, 1.165) is 5.39 Å². The van der Waals surface area contributed by atoms with Crippen LogP contribution in [0.15, 0.2) is 36.4 Å². The van der Waals surface area contributed by atoms with E-state index in [9.17, 15) is 14.1 Å². The Hall–Kier alpha value is -1.88. The molecule has 22 heavy (non-hydrogen) atoms. The summed E-state index contributed by atoms with van der Waals surface area (Å²) in [7, 11) is -0.928. The molecule has 1 aliphatic heterocycles. The zero-order chi connectivity index (χ0) is 15.9. The van der Waals surface area contributed by atoms with Gasteiger partial charge in [0, 0.05) is 35.0 Å². The van der Waals surface area contributed by atoms with Crippen LogP contribution in [0.5, 0.6) is 5.75 Å². The SMILES string of the molecule is CC1(C)CN(C(=O)c2ccc3ccccc3c2O)CC[S@@]1=O. The van der Waals surface area contributed by atoms with Gasteiger partial charge in [-0.3, -0.25) is 9.00 Å². The van der Waals surface area contributed by atoms with Gasteiger partial charge in [0.05, 0.1) is 10.3 Å². The van der Waals surface area contributed by atoms with Crippen LogP contribution >= 0.6 is 0 Å². The predicted molar refractivity (Wildman–Crippen MR) is 88.6 cm³/mol. The molecule has 0 unspecified atom stereocenters. The normalized spacial score (nSPS) is 21.0. The number of rotatable bonds is 1. The highest BCUT2D eigenvalue weighted by atomic mass is 32.2. The van der Waals surface area contributed by atoms with Gasteiger partial charge in [-0.15, -0.1) is 0 Å². The minimum absolute atomic E-state index is 0.0209. The number of carbonyl (C=O) groups is 1. The van der Waals surface area contributed by atoms with Crippen molar-refractivity contribution in [2.45, 2.75) is 18.6 Å². The molecule has 1 fully saturated rings. The lowest BCUT2D eigenvalue weighted by molar-refractivity contribution is 0.0743. The van der Waals surface area contributed by atoms with Crippen LogP contribution in [0.1, 0.15) is 24.2 Å². The van der Waals surface area contributed by atoms with Crippen LogP contribution in [0.25, 0.3) is 10.8 Å². The predicted octanol–water partition coefficient (Wildman–Crippen LogP) is 2.53. The summed E-state index contributed by atoms with van der Waals surface area (Å²) in [5.74, 6) is 0.299. The van der Waals surface area contributed by atoms with Gasteiger partial charge in [-0.2, -0.15) is 0 Å². The summed E-state index contributed by atoms with van der Waals surface area (Å²) in [5, 5.41) is 12.0. The highest BCUT2D eigenvalue weighted by molar-refractivity contribution is 7.86. The van der Waals surface area contributed by atoms with Crippen molar-refractivity contribution in [3.63, 3.8) is 0 Å². The molecule has 0 aromatic heterocycles. The molecular formula is C17H19NO3S. The van der Waals surface area contributed by atoms with E-state index in [1.54, 1.807) is 17.0 Å². The third-order valence-corrected chi connectivity index (χ3v) is 6.07. The molecular weight excluding hydrogens is 298 g/mol. The van der Waals surface area contributed by atoms with Gasteiger partial charge in [-0.1, -0.05) is 30.3 Å². The number of aromatic hydroxyl groups is 1. The number of benzene rings is 2. The second-order valence-corrected chi connectivity index (χ2v) is 8.42. The van der Waals surface area contributed by atoms with Crippen LogP contribution in [0.4, 0.5) is 0 Å². The first kappa shape index (κ1) is 15.0. The summed E-state index contributed by atoms with van der Waals surface area (Å²) in [6, 6.07) is 10.9. The van der Waals surface area contributed by atoms with E-state index in [-0.39, 0.29) is 11.7 Å². The number of carbonyl (C=O) groups excluding carboxylic acids is 1. The molecule has 4 nitrogen and oxygen atoms in total. The van der Waals surface area contributed by atoms with Gasteiger partial charge >= 0.3 is 0 Å². The lowest BCUT2D eigenvalue weighted by Crippen LogP contribution is -2.52. The molecule has 0 aliphatic carbocycles. The van der Waals surface area contributed by atoms with E-state index in [2.05, 4.69) is 0 Å². The van der Waals surface area contributed by atoms with Crippen LogP contribution < -0.4 is 0 Å². The minimum Gasteiger partial charge on any atom is -0.506 e. The summed E-state index contributed by atoms with van der Waals surface area (Å²) in [6.07, 6.45) is 0. The number of fused-ring (bicyclic) bond motifs is 1. The molecule has 2 aromatic carbocycles. The molecule has 1 atom stereocenters. The van der Waals surface area contributed by atoms with Crippen molar-refractivity contribution in [1.29, 1.82) is 0 Å². The molecule has 0 bridgehead atoms. The molecule has 116 valence electrons. The first-order valence-corrected chi connectivity index (χ1v) is 8.60. The average molecular weight is 317 g/mol. The highest BCUT2D eigenvalue weighted by Gasteiger charge is 2.36. The Morgan fingerprint density at radius 3 is 2.68 bits per heavy atom. The van der Waals surface area contributed by atoms with E-state index in [1.807, 2.05) is 38.1 Å². The first-order valence-electron chi connectivity index (χ1n) is 7.28. The smallest absolute Gasteiger partial charge is 0.257 e. The monoisotopic (exact) mass is 317 g/mol. The fourth-order valence-electron chi connectivity index (χ4n) is 2.85. The molecule has 1 N–H and O–H groups in total. The fourth-order valence-corrected chi connectivity index (χ4v) is 4.09. The van der Waals surface area contributed by atoms with Crippen LogP contribution in [-0.4, -0.2) is 43.7 Å². The van der Waals surface area contributed by atoms with Crippen LogP contribution in [0.3, 0.4) is 0 Å². The van der Waals surface area contributed by atoms with Gasteiger partial charge in [0.15, 0.2) is 0 Å². The maximum Gasteiger partial charge on any atom is 0.257 e. The van der Waals surface area contributed by atoms with Crippen molar-refractivity contribution in [2.75, 3.05) is 18.8 Å². The summed E-state index contributed by atoms with van der Waals surface area (Å²) in [5.41, 5.74) is 0.308. The Kier molecular flexibility index (Phi) is 3.68. The number of amides is 1. The van der Waals surface area contributed by atoms with Gasteiger partial charge < -0.3 is 10.0 Å². The van der Waals surface area contributed by atoms with E-state index in [1.165, 1.54) is 0 Å². The Bertz CT molecular complexity index is 770. The molecule has 0 spiro atoms. The van der Waals surface area contributed by atoms with Crippen molar-refractivity contribution in [2.24, 2.45) is 0 Å². The van der Waals surface area contributed by atoms with E-state index < -0.39 is 15.5 Å². The van der Waals surface area contributed by atoms with Crippen molar-refractivity contribution in [1.82, 2.24) is 4.90 Å². The maximum absolute atomic E-state index is 12.7. The Morgan fingerprint density at radius 1 is 1.23 bits per heavy atom. The van der Waals surface area contributed by atoms with Gasteiger partial charge in [-0.05, 0) is 25.3 Å². The topological polar surface area (TPSA) is 57.6 Å². The van der Waals surface area contributed by atoms with Gasteiger partial charge in [0.2, 0.25) is 0 Å². The third kappa shape index (κ3) is 2.50. The highest BCUT2D eigenvalue weighted by Crippen LogP contribution is 2.30. The van der Waals surface area contributed by atoms with Crippen LogP contribution in [-0.2, 0) is 10.8 Å².